The fourth-order valence-electron chi connectivity index (χ4n) is 3.60. The highest BCUT2D eigenvalue weighted by Crippen LogP contribution is 2.37. The van der Waals surface area contributed by atoms with E-state index in [1.807, 2.05) is 38.1 Å². The highest BCUT2D eigenvalue weighted by Gasteiger charge is 2.33. The topological polar surface area (TPSA) is 114 Å². The quantitative estimate of drug-likeness (QED) is 0.701. The Kier molecular flexibility index (Phi) is 6.68. The Bertz CT molecular complexity index is 929. The van der Waals surface area contributed by atoms with Crippen molar-refractivity contribution in [3.05, 3.63) is 54.1 Å². The normalized spacial score (nSPS) is 17.6. The van der Waals surface area contributed by atoms with Crippen molar-refractivity contribution in [2.24, 2.45) is 5.73 Å². The summed E-state index contributed by atoms with van der Waals surface area (Å²) < 4.78 is 5.38. The monoisotopic (exact) mass is 410 g/mol. The second-order valence-electron chi connectivity index (χ2n) is 7.12. The fraction of sp³-hybridized carbons (Fsp3) is 0.318. The van der Waals surface area contributed by atoms with Gasteiger partial charge in [0.1, 0.15) is 5.75 Å². The molecule has 158 valence electrons. The molecule has 0 unspecified atom stereocenters. The lowest BCUT2D eigenvalue weighted by Crippen LogP contribution is -2.46. The van der Waals surface area contributed by atoms with Crippen LogP contribution in [0.15, 0.2) is 48.5 Å². The molecular formula is C22H26N4O4. The number of nitrogens with zero attached hydrogens (tertiary/aromatic N) is 1. The summed E-state index contributed by atoms with van der Waals surface area (Å²) in [6, 6.07) is 13.7. The van der Waals surface area contributed by atoms with Crippen molar-refractivity contribution in [3.63, 3.8) is 0 Å². The summed E-state index contributed by atoms with van der Waals surface area (Å²) in [5.74, 6) is 0.0954. The van der Waals surface area contributed by atoms with Crippen LogP contribution in [-0.4, -0.2) is 30.5 Å². The van der Waals surface area contributed by atoms with Gasteiger partial charge >= 0.3 is 6.09 Å². The predicted octanol–water partition coefficient (Wildman–Crippen LogP) is 2.95. The lowest BCUT2D eigenvalue weighted by Gasteiger charge is -2.39. The summed E-state index contributed by atoms with van der Waals surface area (Å²) in [7, 11) is 0. The van der Waals surface area contributed by atoms with Crippen molar-refractivity contribution in [1.29, 1.82) is 0 Å². The summed E-state index contributed by atoms with van der Waals surface area (Å²) in [6.07, 6.45) is 0.415. The molecule has 0 aromatic heterocycles. The molecule has 2 atom stereocenters. The number of anilines is 2. The minimum atomic E-state index is -0.587. The molecule has 8 nitrogen and oxygen atoms in total. The second-order valence-corrected chi connectivity index (χ2v) is 7.12. The van der Waals surface area contributed by atoms with Crippen LogP contribution in [0.3, 0.4) is 0 Å². The first-order chi connectivity index (χ1) is 14.4. The molecule has 4 N–H and O–H groups in total. The van der Waals surface area contributed by atoms with Crippen LogP contribution in [0.5, 0.6) is 5.75 Å². The van der Waals surface area contributed by atoms with Gasteiger partial charge in [-0.1, -0.05) is 25.1 Å². The van der Waals surface area contributed by atoms with E-state index in [2.05, 4.69) is 10.6 Å². The molecule has 0 bridgehead atoms. The van der Waals surface area contributed by atoms with Crippen LogP contribution in [0.1, 0.15) is 38.3 Å². The number of hydrogen-bond acceptors (Lipinski definition) is 5. The van der Waals surface area contributed by atoms with Crippen molar-refractivity contribution in [2.45, 2.75) is 38.8 Å². The van der Waals surface area contributed by atoms with Crippen LogP contribution in [0, 0.1) is 0 Å². The molecule has 3 rings (SSSR count). The van der Waals surface area contributed by atoms with Crippen LogP contribution in [0.2, 0.25) is 0 Å². The van der Waals surface area contributed by atoms with Gasteiger partial charge < -0.3 is 26.0 Å². The van der Waals surface area contributed by atoms with E-state index in [1.165, 1.54) is 0 Å². The van der Waals surface area contributed by atoms with E-state index < -0.39 is 6.09 Å². The number of nitrogens with two attached hydrogens (primary N) is 1. The molecular weight excluding hydrogens is 384 g/mol. The van der Waals surface area contributed by atoms with E-state index in [-0.39, 0.29) is 30.4 Å². The molecule has 0 saturated heterocycles. The summed E-state index contributed by atoms with van der Waals surface area (Å²) in [5, 5.41) is 5.52. The lowest BCUT2D eigenvalue weighted by molar-refractivity contribution is -0.119. The Morgan fingerprint density at radius 3 is 2.50 bits per heavy atom. The van der Waals surface area contributed by atoms with E-state index in [4.69, 9.17) is 10.5 Å². The number of para-hydroxylation sites is 1. The number of fused-ring (bicyclic) bond motifs is 1. The smallest absolute Gasteiger partial charge is 0.410 e. The zero-order valence-electron chi connectivity index (χ0n) is 17.1. The van der Waals surface area contributed by atoms with Gasteiger partial charge in [-0.05, 0) is 49.2 Å². The SMILES string of the molecule is CCC(=O)N1c2ccccc2[C@H](NC(=O)Oc2ccc(NC(=O)CN)cc2)C[C@@H]1C. The van der Waals surface area contributed by atoms with Crippen molar-refractivity contribution in [3.8, 4) is 5.75 Å². The van der Waals surface area contributed by atoms with Gasteiger partial charge in [0, 0.05) is 23.8 Å². The molecule has 1 aliphatic rings. The Labute approximate surface area is 175 Å². The minimum Gasteiger partial charge on any atom is -0.410 e. The Hall–Kier alpha value is -3.39. The third-order valence-electron chi connectivity index (χ3n) is 4.99. The molecule has 2 aromatic carbocycles. The van der Waals surface area contributed by atoms with Gasteiger partial charge in [-0.2, -0.15) is 0 Å². The average Bonchev–Trinajstić information content (AvgIpc) is 2.74. The Morgan fingerprint density at radius 1 is 1.13 bits per heavy atom. The van der Waals surface area contributed by atoms with E-state index >= 15 is 0 Å². The standard InChI is InChI=1S/C22H26N4O4/c1-3-21(28)26-14(2)12-18(17-6-4-5-7-19(17)26)25-22(29)30-16-10-8-15(9-11-16)24-20(27)13-23/h4-11,14,18H,3,12-13,23H2,1-2H3,(H,24,27)(H,25,29)/t14-,18+/m0/s1. The van der Waals surface area contributed by atoms with E-state index in [1.54, 1.807) is 29.2 Å². The van der Waals surface area contributed by atoms with Crippen molar-refractivity contribution >= 4 is 29.3 Å². The van der Waals surface area contributed by atoms with Crippen LogP contribution >= 0.6 is 0 Å². The summed E-state index contributed by atoms with van der Waals surface area (Å²) in [6.45, 7) is 3.70. The first kappa shape index (κ1) is 21.3. The number of rotatable bonds is 5. The number of nitrogens with one attached hydrogen (secondary N) is 2. The van der Waals surface area contributed by atoms with Gasteiger partial charge in [-0.3, -0.25) is 9.59 Å². The molecule has 0 saturated carbocycles. The second kappa shape index (κ2) is 9.41. The van der Waals surface area contributed by atoms with Gasteiger partial charge in [-0.25, -0.2) is 4.79 Å². The van der Waals surface area contributed by atoms with Gasteiger partial charge in [0.05, 0.1) is 12.6 Å². The molecule has 1 heterocycles. The summed E-state index contributed by atoms with van der Waals surface area (Å²) in [4.78, 5) is 38.0. The third-order valence-corrected chi connectivity index (χ3v) is 4.99. The molecule has 30 heavy (non-hydrogen) atoms. The summed E-state index contributed by atoms with van der Waals surface area (Å²) >= 11 is 0. The molecule has 2 aromatic rings. The zero-order chi connectivity index (χ0) is 21.7. The van der Waals surface area contributed by atoms with E-state index in [0.717, 1.165) is 11.3 Å². The van der Waals surface area contributed by atoms with Crippen molar-refractivity contribution < 1.29 is 19.1 Å². The number of hydrogen-bond donors (Lipinski definition) is 3. The van der Waals surface area contributed by atoms with Crippen molar-refractivity contribution in [2.75, 3.05) is 16.8 Å². The van der Waals surface area contributed by atoms with Gasteiger partial charge in [0.2, 0.25) is 11.8 Å². The molecule has 0 spiro atoms. The molecule has 0 aliphatic carbocycles. The van der Waals surface area contributed by atoms with Crippen LogP contribution < -0.4 is 26.0 Å². The van der Waals surface area contributed by atoms with Crippen molar-refractivity contribution in [1.82, 2.24) is 5.32 Å². The van der Waals surface area contributed by atoms with Gasteiger partial charge in [0.25, 0.3) is 0 Å². The summed E-state index contributed by atoms with van der Waals surface area (Å²) in [5.41, 5.74) is 7.53. The van der Waals surface area contributed by atoms with E-state index in [0.29, 0.717) is 24.3 Å². The molecule has 0 fully saturated rings. The minimum absolute atomic E-state index is 0.0527. The average molecular weight is 410 g/mol. The largest absolute Gasteiger partial charge is 0.413 e. The third kappa shape index (κ3) is 4.77. The first-order valence-electron chi connectivity index (χ1n) is 9.92. The molecule has 0 radical (unpaired) electrons. The van der Waals surface area contributed by atoms with E-state index in [9.17, 15) is 14.4 Å². The Morgan fingerprint density at radius 2 is 1.83 bits per heavy atom. The lowest BCUT2D eigenvalue weighted by atomic mass is 9.91. The maximum atomic E-state index is 12.5. The highest BCUT2D eigenvalue weighted by molar-refractivity contribution is 5.95. The van der Waals surface area contributed by atoms with Crippen LogP contribution in [0.25, 0.3) is 0 Å². The van der Waals surface area contributed by atoms with Crippen LogP contribution in [-0.2, 0) is 9.59 Å². The Balaban J connectivity index is 1.69. The molecule has 8 heteroatoms. The molecule has 3 amide bonds. The zero-order valence-corrected chi connectivity index (χ0v) is 17.1. The number of carbonyl (C=O) groups excluding carboxylic acids is 3. The number of amides is 3. The number of ether oxygens (including phenoxy) is 1. The maximum absolute atomic E-state index is 12.5. The first-order valence-corrected chi connectivity index (χ1v) is 9.92. The predicted molar refractivity (Wildman–Crippen MR) is 114 cm³/mol. The number of carbonyl (C=O) groups is 3. The van der Waals surface area contributed by atoms with Gasteiger partial charge in [0.15, 0.2) is 0 Å². The molecule has 1 aliphatic heterocycles. The van der Waals surface area contributed by atoms with Crippen LogP contribution in [0.4, 0.5) is 16.2 Å². The highest BCUT2D eigenvalue weighted by atomic mass is 16.6. The number of benzene rings is 2. The maximum Gasteiger partial charge on any atom is 0.413 e. The van der Waals surface area contributed by atoms with Gasteiger partial charge in [-0.15, -0.1) is 0 Å². The fourth-order valence-corrected chi connectivity index (χ4v) is 3.60.